The molecule has 0 radical (unpaired) electrons. The summed E-state index contributed by atoms with van der Waals surface area (Å²) in [6.45, 7) is 5.10. The Bertz CT molecular complexity index is 491. The molecular formula is C13H17N5. The van der Waals surface area contributed by atoms with Gasteiger partial charge in [0.25, 0.3) is 0 Å². The first-order chi connectivity index (χ1) is 8.83. The summed E-state index contributed by atoms with van der Waals surface area (Å²) in [6, 6.07) is 2.51. The first-order valence-corrected chi connectivity index (χ1v) is 6.26. The molecule has 0 spiro atoms. The molecule has 2 aromatic heterocycles. The van der Waals surface area contributed by atoms with Crippen molar-refractivity contribution in [2.24, 2.45) is 0 Å². The predicted molar refractivity (Wildman–Crippen MR) is 71.5 cm³/mol. The lowest BCUT2D eigenvalue weighted by molar-refractivity contribution is 0.479. The lowest BCUT2D eigenvalue weighted by atomic mass is 10.2. The monoisotopic (exact) mass is 243 g/mol. The van der Waals surface area contributed by atoms with Crippen LogP contribution in [0.4, 0.5) is 5.95 Å². The summed E-state index contributed by atoms with van der Waals surface area (Å²) in [5.41, 5.74) is 2.17. The fourth-order valence-electron chi connectivity index (χ4n) is 2.25. The molecule has 3 heterocycles. The zero-order valence-corrected chi connectivity index (χ0v) is 10.4. The van der Waals surface area contributed by atoms with Crippen LogP contribution in [-0.2, 0) is 0 Å². The van der Waals surface area contributed by atoms with Crippen LogP contribution in [0.2, 0.25) is 0 Å². The van der Waals surface area contributed by atoms with Crippen LogP contribution in [0.3, 0.4) is 0 Å². The maximum absolute atomic E-state index is 4.47. The van der Waals surface area contributed by atoms with E-state index < -0.39 is 0 Å². The summed E-state index contributed by atoms with van der Waals surface area (Å²) in [5, 5.41) is 3.41. The Morgan fingerprint density at radius 1 is 1.28 bits per heavy atom. The second kappa shape index (κ2) is 4.78. The number of piperazine rings is 1. The van der Waals surface area contributed by atoms with Crippen molar-refractivity contribution in [2.75, 3.05) is 24.5 Å². The van der Waals surface area contributed by atoms with Gasteiger partial charge in [0.05, 0.1) is 0 Å². The van der Waals surface area contributed by atoms with Gasteiger partial charge in [0, 0.05) is 61.6 Å². The van der Waals surface area contributed by atoms with Gasteiger partial charge in [-0.15, -0.1) is 0 Å². The highest BCUT2D eigenvalue weighted by molar-refractivity contribution is 5.61. The largest absolute Gasteiger partial charge is 0.367 e. The fourth-order valence-corrected chi connectivity index (χ4v) is 2.25. The van der Waals surface area contributed by atoms with Crippen LogP contribution in [-0.4, -0.2) is 40.6 Å². The third-order valence-corrected chi connectivity index (χ3v) is 3.22. The molecule has 0 bridgehead atoms. The van der Waals surface area contributed by atoms with E-state index in [-0.39, 0.29) is 0 Å². The average molecular weight is 243 g/mol. The van der Waals surface area contributed by atoms with Crippen LogP contribution < -0.4 is 10.2 Å². The van der Waals surface area contributed by atoms with Gasteiger partial charge in [-0.1, -0.05) is 0 Å². The van der Waals surface area contributed by atoms with Gasteiger partial charge in [-0.05, 0) is 13.0 Å². The Labute approximate surface area is 106 Å². The van der Waals surface area contributed by atoms with Crippen molar-refractivity contribution in [1.82, 2.24) is 20.3 Å². The summed E-state index contributed by atoms with van der Waals surface area (Å²) < 4.78 is 0. The fraction of sp³-hybridized carbons (Fsp3) is 0.385. The average Bonchev–Trinajstić information content (AvgIpc) is 2.93. The van der Waals surface area contributed by atoms with Gasteiger partial charge >= 0.3 is 0 Å². The molecule has 1 unspecified atom stereocenters. The van der Waals surface area contributed by atoms with E-state index in [0.29, 0.717) is 6.04 Å². The van der Waals surface area contributed by atoms with Gasteiger partial charge in [0.2, 0.25) is 5.95 Å². The van der Waals surface area contributed by atoms with E-state index in [1.807, 2.05) is 30.9 Å². The SMILES string of the molecule is CC1CN(c2ncc(-c3cc[nH]c3)cn2)CCN1. The second-order valence-electron chi connectivity index (χ2n) is 4.67. The quantitative estimate of drug-likeness (QED) is 0.834. The van der Waals surface area contributed by atoms with E-state index in [1.54, 1.807) is 0 Å². The maximum atomic E-state index is 4.47. The van der Waals surface area contributed by atoms with Gasteiger partial charge in [-0.2, -0.15) is 0 Å². The minimum atomic E-state index is 0.492. The van der Waals surface area contributed by atoms with Gasteiger partial charge in [-0.25, -0.2) is 9.97 Å². The van der Waals surface area contributed by atoms with Crippen LogP contribution in [0, 0.1) is 0 Å². The lowest BCUT2D eigenvalue weighted by Crippen LogP contribution is -2.49. The molecule has 1 aliphatic rings. The lowest BCUT2D eigenvalue weighted by Gasteiger charge is -2.31. The topological polar surface area (TPSA) is 56.8 Å². The molecular weight excluding hydrogens is 226 g/mol. The highest BCUT2D eigenvalue weighted by atomic mass is 15.3. The molecule has 0 saturated carbocycles. The first kappa shape index (κ1) is 11.2. The Kier molecular flexibility index (Phi) is 2.98. The van der Waals surface area contributed by atoms with Crippen molar-refractivity contribution in [3.63, 3.8) is 0 Å². The highest BCUT2D eigenvalue weighted by Crippen LogP contribution is 2.18. The Morgan fingerprint density at radius 2 is 2.11 bits per heavy atom. The highest BCUT2D eigenvalue weighted by Gasteiger charge is 2.17. The van der Waals surface area contributed by atoms with Crippen molar-refractivity contribution >= 4 is 5.95 Å². The Morgan fingerprint density at radius 3 is 2.78 bits per heavy atom. The Hall–Kier alpha value is -1.88. The summed E-state index contributed by atoms with van der Waals surface area (Å²) in [5.74, 6) is 0.822. The number of nitrogens with zero attached hydrogens (tertiary/aromatic N) is 3. The minimum Gasteiger partial charge on any atom is -0.367 e. The number of aromatic nitrogens is 3. The van der Waals surface area contributed by atoms with E-state index in [2.05, 4.69) is 32.1 Å². The van der Waals surface area contributed by atoms with E-state index >= 15 is 0 Å². The van der Waals surface area contributed by atoms with Gasteiger partial charge < -0.3 is 15.2 Å². The molecule has 2 N–H and O–H groups in total. The summed E-state index contributed by atoms with van der Waals surface area (Å²) >= 11 is 0. The van der Waals surface area contributed by atoms with Crippen molar-refractivity contribution in [3.05, 3.63) is 30.9 Å². The predicted octanol–water partition coefficient (Wildman–Crippen LogP) is 1.27. The minimum absolute atomic E-state index is 0.492. The van der Waals surface area contributed by atoms with Crippen LogP contribution >= 0.6 is 0 Å². The molecule has 94 valence electrons. The molecule has 0 amide bonds. The molecule has 1 atom stereocenters. The number of aromatic amines is 1. The number of hydrogen-bond donors (Lipinski definition) is 2. The molecule has 1 saturated heterocycles. The molecule has 3 rings (SSSR count). The van der Waals surface area contributed by atoms with Crippen molar-refractivity contribution in [1.29, 1.82) is 0 Å². The van der Waals surface area contributed by atoms with Crippen molar-refractivity contribution in [3.8, 4) is 11.1 Å². The normalized spacial score (nSPS) is 20.1. The van der Waals surface area contributed by atoms with Gasteiger partial charge in [0.15, 0.2) is 0 Å². The first-order valence-electron chi connectivity index (χ1n) is 6.26. The molecule has 5 heteroatoms. The summed E-state index contributed by atoms with van der Waals surface area (Å²) in [6.07, 6.45) is 7.63. The zero-order valence-electron chi connectivity index (χ0n) is 10.4. The van der Waals surface area contributed by atoms with E-state index in [9.17, 15) is 0 Å². The summed E-state index contributed by atoms with van der Waals surface area (Å²) in [7, 11) is 0. The molecule has 1 aliphatic heterocycles. The van der Waals surface area contributed by atoms with E-state index in [1.165, 1.54) is 0 Å². The van der Waals surface area contributed by atoms with Crippen LogP contribution in [0.5, 0.6) is 0 Å². The molecule has 18 heavy (non-hydrogen) atoms. The third-order valence-electron chi connectivity index (χ3n) is 3.22. The van der Waals surface area contributed by atoms with Crippen LogP contribution in [0.15, 0.2) is 30.9 Å². The molecule has 2 aromatic rings. The molecule has 0 aliphatic carbocycles. The second-order valence-corrected chi connectivity index (χ2v) is 4.67. The van der Waals surface area contributed by atoms with Crippen LogP contribution in [0.25, 0.3) is 11.1 Å². The van der Waals surface area contributed by atoms with Crippen molar-refractivity contribution < 1.29 is 0 Å². The van der Waals surface area contributed by atoms with E-state index in [4.69, 9.17) is 0 Å². The number of nitrogens with one attached hydrogen (secondary N) is 2. The summed E-state index contributed by atoms with van der Waals surface area (Å²) in [4.78, 5) is 14.2. The maximum Gasteiger partial charge on any atom is 0.225 e. The van der Waals surface area contributed by atoms with Gasteiger partial charge in [-0.3, -0.25) is 0 Å². The molecule has 5 nitrogen and oxygen atoms in total. The van der Waals surface area contributed by atoms with Crippen molar-refractivity contribution in [2.45, 2.75) is 13.0 Å². The zero-order chi connectivity index (χ0) is 12.4. The molecule has 1 fully saturated rings. The van der Waals surface area contributed by atoms with E-state index in [0.717, 1.165) is 36.7 Å². The number of anilines is 1. The Balaban J connectivity index is 1.78. The van der Waals surface area contributed by atoms with Gasteiger partial charge in [0.1, 0.15) is 0 Å². The number of rotatable bonds is 2. The van der Waals surface area contributed by atoms with Crippen LogP contribution in [0.1, 0.15) is 6.92 Å². The molecule has 0 aromatic carbocycles. The number of H-pyrrole nitrogens is 1. The number of hydrogen-bond acceptors (Lipinski definition) is 4. The third kappa shape index (κ3) is 2.22. The smallest absolute Gasteiger partial charge is 0.225 e. The standard InChI is InChI=1S/C13H17N5/c1-10-9-18(5-4-15-10)13-16-7-12(8-17-13)11-2-3-14-6-11/h2-3,6-8,10,14-15H,4-5,9H2,1H3.